The molecule has 0 spiro atoms. The molecule has 1 aliphatic heterocycles. The molecule has 1 N–H and O–H groups in total. The van der Waals surface area contributed by atoms with Crippen LogP contribution in [0.3, 0.4) is 0 Å². The van der Waals surface area contributed by atoms with Gasteiger partial charge < -0.3 is 10.2 Å². The first kappa shape index (κ1) is 14.9. The Bertz CT molecular complexity index is 596. The Kier molecular flexibility index (Phi) is 4.22. The van der Waals surface area contributed by atoms with Crippen LogP contribution in [0.5, 0.6) is 0 Å². The molecule has 5 heteroatoms. The minimum absolute atomic E-state index is 0.229. The molecular formula is C16H24N2O2S. The van der Waals surface area contributed by atoms with Gasteiger partial charge in [-0.2, -0.15) is 0 Å². The predicted octanol–water partition coefficient (Wildman–Crippen LogP) is 1.81. The van der Waals surface area contributed by atoms with Crippen molar-refractivity contribution in [3.8, 4) is 0 Å². The van der Waals surface area contributed by atoms with Crippen molar-refractivity contribution in [2.75, 3.05) is 29.5 Å². The van der Waals surface area contributed by atoms with Crippen LogP contribution >= 0.6 is 0 Å². The summed E-state index contributed by atoms with van der Waals surface area (Å²) >= 11 is 0. The van der Waals surface area contributed by atoms with Crippen LogP contribution in [-0.2, 0) is 16.4 Å². The summed E-state index contributed by atoms with van der Waals surface area (Å²) in [5, 5.41) is 3.65. The molecule has 1 heterocycles. The number of fused-ring (bicyclic) bond motifs is 1. The summed E-state index contributed by atoms with van der Waals surface area (Å²) in [6, 6.07) is 8.84. The SMILES string of the molecule is CCS(=O)(=O)CCN1CC(C2CC2)NCc2ccccc21. The van der Waals surface area contributed by atoms with Gasteiger partial charge in [0.15, 0.2) is 9.84 Å². The van der Waals surface area contributed by atoms with Crippen molar-refractivity contribution in [2.24, 2.45) is 5.92 Å². The van der Waals surface area contributed by atoms with Crippen molar-refractivity contribution in [1.29, 1.82) is 0 Å². The van der Waals surface area contributed by atoms with Crippen molar-refractivity contribution in [3.05, 3.63) is 29.8 Å². The first-order valence-electron chi connectivity index (χ1n) is 7.86. The van der Waals surface area contributed by atoms with Gasteiger partial charge >= 0.3 is 0 Å². The van der Waals surface area contributed by atoms with E-state index in [0.717, 1.165) is 19.0 Å². The molecule has 4 nitrogen and oxygen atoms in total. The molecule has 1 aromatic carbocycles. The molecule has 21 heavy (non-hydrogen) atoms. The summed E-state index contributed by atoms with van der Waals surface area (Å²) in [4.78, 5) is 2.27. The number of hydrogen-bond donors (Lipinski definition) is 1. The minimum atomic E-state index is -2.92. The minimum Gasteiger partial charge on any atom is -0.369 e. The number of sulfone groups is 1. The van der Waals surface area contributed by atoms with E-state index in [1.807, 2.05) is 6.07 Å². The Balaban J connectivity index is 1.79. The van der Waals surface area contributed by atoms with Crippen LogP contribution in [0, 0.1) is 5.92 Å². The maximum Gasteiger partial charge on any atom is 0.151 e. The highest BCUT2D eigenvalue weighted by molar-refractivity contribution is 7.91. The fraction of sp³-hybridized carbons (Fsp3) is 0.625. The average molecular weight is 308 g/mol. The third kappa shape index (κ3) is 3.58. The molecule has 1 aromatic rings. The van der Waals surface area contributed by atoms with Gasteiger partial charge in [-0.25, -0.2) is 8.42 Å². The van der Waals surface area contributed by atoms with Crippen LogP contribution in [0.2, 0.25) is 0 Å². The summed E-state index contributed by atoms with van der Waals surface area (Å²) in [5.74, 6) is 1.24. The molecule has 0 saturated heterocycles. The smallest absolute Gasteiger partial charge is 0.151 e. The van der Waals surface area contributed by atoms with Gasteiger partial charge in [0, 0.05) is 37.1 Å². The summed E-state index contributed by atoms with van der Waals surface area (Å²) < 4.78 is 23.7. The van der Waals surface area contributed by atoms with Crippen LogP contribution in [-0.4, -0.2) is 39.1 Å². The van der Waals surface area contributed by atoms with Crippen molar-refractivity contribution >= 4 is 15.5 Å². The van der Waals surface area contributed by atoms with Crippen molar-refractivity contribution < 1.29 is 8.42 Å². The summed E-state index contributed by atoms with van der Waals surface area (Å²) in [6.45, 7) is 4.12. The van der Waals surface area contributed by atoms with Crippen LogP contribution in [0.15, 0.2) is 24.3 Å². The molecule has 0 radical (unpaired) electrons. The standard InChI is InChI=1S/C16H24N2O2S/c1-2-21(19,20)10-9-18-12-15(13-7-8-13)17-11-14-5-3-4-6-16(14)18/h3-6,13,15,17H,2,7-12H2,1H3. The van der Waals surface area contributed by atoms with Crippen molar-refractivity contribution in [3.63, 3.8) is 0 Å². The zero-order chi connectivity index (χ0) is 14.9. The molecule has 1 unspecified atom stereocenters. The molecule has 116 valence electrons. The fourth-order valence-electron chi connectivity index (χ4n) is 3.03. The lowest BCUT2D eigenvalue weighted by atomic mass is 10.1. The second-order valence-corrected chi connectivity index (χ2v) is 8.61. The van der Waals surface area contributed by atoms with Gasteiger partial charge in [0.2, 0.25) is 0 Å². The van der Waals surface area contributed by atoms with E-state index in [1.165, 1.54) is 24.1 Å². The molecule has 1 aliphatic carbocycles. The predicted molar refractivity (Wildman–Crippen MR) is 86.3 cm³/mol. The van der Waals surface area contributed by atoms with Crippen LogP contribution in [0.4, 0.5) is 5.69 Å². The topological polar surface area (TPSA) is 49.4 Å². The van der Waals surface area contributed by atoms with Gasteiger partial charge in [-0.05, 0) is 30.4 Å². The van der Waals surface area contributed by atoms with Gasteiger partial charge in [0.1, 0.15) is 0 Å². The highest BCUT2D eigenvalue weighted by atomic mass is 32.2. The molecule has 1 saturated carbocycles. The maximum atomic E-state index is 11.8. The fourth-order valence-corrected chi connectivity index (χ4v) is 3.82. The number of hydrogen-bond acceptors (Lipinski definition) is 4. The van der Waals surface area contributed by atoms with Gasteiger partial charge in [-0.15, -0.1) is 0 Å². The first-order chi connectivity index (χ1) is 10.1. The number of nitrogens with zero attached hydrogens (tertiary/aromatic N) is 1. The third-order valence-corrected chi connectivity index (χ3v) is 6.29. The van der Waals surface area contributed by atoms with Gasteiger partial charge in [-0.3, -0.25) is 0 Å². The molecular weight excluding hydrogens is 284 g/mol. The Morgan fingerprint density at radius 3 is 2.76 bits per heavy atom. The third-order valence-electron chi connectivity index (χ3n) is 4.61. The largest absolute Gasteiger partial charge is 0.369 e. The summed E-state index contributed by atoms with van der Waals surface area (Å²) in [6.07, 6.45) is 2.60. The first-order valence-corrected chi connectivity index (χ1v) is 9.68. The van der Waals surface area contributed by atoms with Gasteiger partial charge in [-0.1, -0.05) is 25.1 Å². The number of nitrogens with one attached hydrogen (secondary N) is 1. The average Bonchev–Trinajstić information content (AvgIpc) is 3.32. The molecule has 2 aliphatic rings. The Morgan fingerprint density at radius 1 is 1.29 bits per heavy atom. The molecule has 1 atom stereocenters. The lowest BCUT2D eigenvalue weighted by Crippen LogP contribution is -2.41. The van der Waals surface area contributed by atoms with E-state index in [2.05, 4.69) is 28.4 Å². The van der Waals surface area contributed by atoms with Crippen molar-refractivity contribution in [1.82, 2.24) is 5.32 Å². The van der Waals surface area contributed by atoms with Gasteiger partial charge in [0.05, 0.1) is 5.75 Å². The molecule has 1 fully saturated rings. The second kappa shape index (κ2) is 5.97. The highest BCUT2D eigenvalue weighted by Crippen LogP contribution is 2.35. The zero-order valence-corrected chi connectivity index (χ0v) is 13.4. The Labute approximate surface area is 127 Å². The zero-order valence-electron chi connectivity index (χ0n) is 12.6. The molecule has 0 amide bonds. The van der Waals surface area contributed by atoms with Gasteiger partial charge in [0.25, 0.3) is 0 Å². The van der Waals surface area contributed by atoms with Crippen LogP contribution < -0.4 is 10.2 Å². The summed E-state index contributed by atoms with van der Waals surface area (Å²) in [5.41, 5.74) is 2.47. The monoisotopic (exact) mass is 308 g/mol. The summed E-state index contributed by atoms with van der Waals surface area (Å²) in [7, 11) is -2.92. The Hall–Kier alpha value is -1.07. The van der Waals surface area contributed by atoms with Crippen molar-refractivity contribution in [2.45, 2.75) is 32.4 Å². The van der Waals surface area contributed by atoms with E-state index >= 15 is 0 Å². The molecule has 0 bridgehead atoms. The highest BCUT2D eigenvalue weighted by Gasteiger charge is 2.34. The number of benzene rings is 1. The molecule has 0 aromatic heterocycles. The van der Waals surface area contributed by atoms with E-state index in [9.17, 15) is 8.42 Å². The number of rotatable bonds is 5. The van der Waals surface area contributed by atoms with E-state index < -0.39 is 9.84 Å². The van der Waals surface area contributed by atoms with Crippen LogP contribution in [0.25, 0.3) is 0 Å². The number of anilines is 1. The van der Waals surface area contributed by atoms with E-state index in [4.69, 9.17) is 0 Å². The van der Waals surface area contributed by atoms with E-state index in [0.29, 0.717) is 12.6 Å². The molecule has 3 rings (SSSR count). The Morgan fingerprint density at radius 2 is 2.05 bits per heavy atom. The quantitative estimate of drug-likeness (QED) is 0.901. The lowest BCUT2D eigenvalue weighted by Gasteiger charge is -2.27. The normalized spacial score (nSPS) is 22.7. The maximum absolute atomic E-state index is 11.8. The second-order valence-electron chi connectivity index (χ2n) is 6.14. The van der Waals surface area contributed by atoms with E-state index in [1.54, 1.807) is 6.92 Å². The number of para-hydroxylation sites is 1. The van der Waals surface area contributed by atoms with Crippen LogP contribution in [0.1, 0.15) is 25.3 Å². The lowest BCUT2D eigenvalue weighted by molar-refractivity contribution is 0.469. The van der Waals surface area contributed by atoms with E-state index in [-0.39, 0.29) is 11.5 Å².